The molecule has 0 saturated carbocycles. The minimum Gasteiger partial charge on any atom is -0.376 e. The van der Waals surface area contributed by atoms with Crippen LogP contribution in [0.3, 0.4) is 0 Å². The first kappa shape index (κ1) is 9.99. The standard InChI is InChI=1S/C10H15ClN2O/c11-5-9-6-12-8-13(9)7-10-3-1-2-4-14-10/h6,8,10H,1-5,7H2. The van der Waals surface area contributed by atoms with Crippen molar-refractivity contribution in [2.45, 2.75) is 37.8 Å². The zero-order valence-corrected chi connectivity index (χ0v) is 8.91. The van der Waals surface area contributed by atoms with Crippen LogP contribution in [0.5, 0.6) is 0 Å². The molecule has 1 aromatic heterocycles. The predicted octanol–water partition coefficient (Wildman–Crippen LogP) is 2.19. The Morgan fingerprint density at radius 1 is 1.57 bits per heavy atom. The molecule has 1 atom stereocenters. The molecule has 78 valence electrons. The lowest BCUT2D eigenvalue weighted by atomic mass is 10.1. The molecule has 4 heteroatoms. The third-order valence-electron chi connectivity index (χ3n) is 2.61. The molecule has 2 heterocycles. The average molecular weight is 215 g/mol. The second kappa shape index (κ2) is 4.80. The SMILES string of the molecule is ClCc1cncn1CC1CCCCO1. The summed E-state index contributed by atoms with van der Waals surface area (Å²) >= 11 is 5.79. The Kier molecular flexibility index (Phi) is 3.43. The van der Waals surface area contributed by atoms with Gasteiger partial charge in [0.1, 0.15) is 0 Å². The third kappa shape index (κ3) is 2.28. The summed E-state index contributed by atoms with van der Waals surface area (Å²) in [6.07, 6.45) is 7.61. The zero-order valence-electron chi connectivity index (χ0n) is 8.16. The fourth-order valence-corrected chi connectivity index (χ4v) is 2.02. The van der Waals surface area contributed by atoms with Gasteiger partial charge >= 0.3 is 0 Å². The van der Waals surface area contributed by atoms with Crippen LogP contribution < -0.4 is 0 Å². The number of rotatable bonds is 3. The number of halogens is 1. The molecule has 0 spiro atoms. The number of imidazole rings is 1. The minimum absolute atomic E-state index is 0.347. The molecule has 0 aliphatic carbocycles. The molecule has 0 N–H and O–H groups in total. The van der Waals surface area contributed by atoms with Gasteiger partial charge in [0.15, 0.2) is 0 Å². The van der Waals surface area contributed by atoms with Gasteiger partial charge in [-0.05, 0) is 19.3 Å². The lowest BCUT2D eigenvalue weighted by Crippen LogP contribution is -2.24. The van der Waals surface area contributed by atoms with Crippen molar-refractivity contribution in [3.8, 4) is 0 Å². The van der Waals surface area contributed by atoms with E-state index < -0.39 is 0 Å². The molecule has 2 rings (SSSR count). The van der Waals surface area contributed by atoms with Gasteiger partial charge < -0.3 is 9.30 Å². The van der Waals surface area contributed by atoms with Crippen LogP contribution in [-0.2, 0) is 17.2 Å². The van der Waals surface area contributed by atoms with Crippen molar-refractivity contribution in [3.63, 3.8) is 0 Å². The second-order valence-corrected chi connectivity index (χ2v) is 3.93. The monoisotopic (exact) mass is 214 g/mol. The topological polar surface area (TPSA) is 27.1 Å². The molecule has 0 radical (unpaired) electrons. The van der Waals surface area contributed by atoms with Crippen molar-refractivity contribution < 1.29 is 4.74 Å². The Bertz CT molecular complexity index is 281. The van der Waals surface area contributed by atoms with E-state index in [9.17, 15) is 0 Å². The summed E-state index contributed by atoms with van der Waals surface area (Å²) in [4.78, 5) is 4.08. The predicted molar refractivity (Wildman–Crippen MR) is 55.4 cm³/mol. The quantitative estimate of drug-likeness (QED) is 0.722. The first-order chi connectivity index (χ1) is 6.90. The van der Waals surface area contributed by atoms with Gasteiger partial charge in [0, 0.05) is 12.8 Å². The van der Waals surface area contributed by atoms with Gasteiger partial charge in [-0.3, -0.25) is 0 Å². The molecule has 1 unspecified atom stereocenters. The van der Waals surface area contributed by atoms with Crippen LogP contribution in [0.15, 0.2) is 12.5 Å². The van der Waals surface area contributed by atoms with Crippen LogP contribution in [0.2, 0.25) is 0 Å². The summed E-state index contributed by atoms with van der Waals surface area (Å²) in [6, 6.07) is 0. The van der Waals surface area contributed by atoms with Crippen molar-refractivity contribution >= 4 is 11.6 Å². The fraction of sp³-hybridized carbons (Fsp3) is 0.700. The summed E-state index contributed by atoms with van der Waals surface area (Å²) in [5, 5.41) is 0. The molecular weight excluding hydrogens is 200 g/mol. The normalized spacial score (nSPS) is 22.5. The van der Waals surface area contributed by atoms with Crippen LogP contribution in [-0.4, -0.2) is 22.3 Å². The molecule has 1 saturated heterocycles. The zero-order chi connectivity index (χ0) is 9.80. The highest BCUT2D eigenvalue weighted by molar-refractivity contribution is 6.16. The van der Waals surface area contributed by atoms with E-state index in [-0.39, 0.29) is 0 Å². The molecule has 1 fully saturated rings. The van der Waals surface area contributed by atoms with Crippen LogP contribution in [0, 0.1) is 0 Å². The van der Waals surface area contributed by atoms with Gasteiger partial charge in [0.2, 0.25) is 0 Å². The maximum atomic E-state index is 5.79. The Morgan fingerprint density at radius 2 is 2.50 bits per heavy atom. The summed E-state index contributed by atoms with van der Waals surface area (Å²) in [5.74, 6) is 0.521. The molecule has 0 aromatic carbocycles. The molecule has 1 aliphatic rings. The van der Waals surface area contributed by atoms with Gasteiger partial charge in [-0.1, -0.05) is 0 Å². The number of nitrogens with zero attached hydrogens (tertiary/aromatic N) is 2. The summed E-state index contributed by atoms with van der Waals surface area (Å²) in [6.45, 7) is 1.79. The Morgan fingerprint density at radius 3 is 3.21 bits per heavy atom. The largest absolute Gasteiger partial charge is 0.376 e. The van der Waals surface area contributed by atoms with E-state index in [4.69, 9.17) is 16.3 Å². The van der Waals surface area contributed by atoms with Gasteiger partial charge in [0.05, 0.1) is 30.5 Å². The van der Waals surface area contributed by atoms with Crippen molar-refractivity contribution in [2.24, 2.45) is 0 Å². The van der Waals surface area contributed by atoms with Gasteiger partial charge in [-0.2, -0.15) is 0 Å². The van der Waals surface area contributed by atoms with E-state index in [1.165, 1.54) is 12.8 Å². The summed E-state index contributed by atoms with van der Waals surface area (Å²) in [7, 11) is 0. The van der Waals surface area contributed by atoms with Crippen LogP contribution >= 0.6 is 11.6 Å². The van der Waals surface area contributed by atoms with Crippen molar-refractivity contribution in [1.82, 2.24) is 9.55 Å². The van der Waals surface area contributed by atoms with Crippen molar-refractivity contribution in [1.29, 1.82) is 0 Å². The highest BCUT2D eigenvalue weighted by Gasteiger charge is 2.15. The highest BCUT2D eigenvalue weighted by atomic mass is 35.5. The van der Waals surface area contributed by atoms with Gasteiger partial charge in [-0.25, -0.2) is 4.98 Å². The molecule has 1 aromatic rings. The molecule has 0 amide bonds. The Balaban J connectivity index is 1.95. The van der Waals surface area contributed by atoms with Crippen molar-refractivity contribution in [2.75, 3.05) is 6.61 Å². The van der Waals surface area contributed by atoms with Crippen molar-refractivity contribution in [3.05, 3.63) is 18.2 Å². The maximum Gasteiger partial charge on any atom is 0.0949 e. The fourth-order valence-electron chi connectivity index (χ4n) is 1.79. The van der Waals surface area contributed by atoms with E-state index >= 15 is 0 Å². The molecule has 0 bridgehead atoms. The number of aromatic nitrogens is 2. The lowest BCUT2D eigenvalue weighted by Gasteiger charge is -2.23. The average Bonchev–Trinajstić information content (AvgIpc) is 2.67. The molecule has 1 aliphatic heterocycles. The van der Waals surface area contributed by atoms with E-state index in [2.05, 4.69) is 9.55 Å². The Hall–Kier alpha value is -0.540. The highest BCUT2D eigenvalue weighted by Crippen LogP contribution is 2.15. The first-order valence-electron chi connectivity index (χ1n) is 5.06. The van der Waals surface area contributed by atoms with Gasteiger partial charge in [-0.15, -0.1) is 11.6 Å². The van der Waals surface area contributed by atoms with Gasteiger partial charge in [0.25, 0.3) is 0 Å². The number of hydrogen-bond donors (Lipinski definition) is 0. The van der Waals surface area contributed by atoms with E-state index in [0.717, 1.165) is 25.3 Å². The van der Waals surface area contributed by atoms with E-state index in [0.29, 0.717) is 12.0 Å². The third-order valence-corrected chi connectivity index (χ3v) is 2.88. The summed E-state index contributed by atoms with van der Waals surface area (Å²) in [5.41, 5.74) is 1.07. The maximum absolute atomic E-state index is 5.79. The molecule has 3 nitrogen and oxygen atoms in total. The minimum atomic E-state index is 0.347. The number of ether oxygens (including phenoxy) is 1. The van der Waals surface area contributed by atoms with Crippen LogP contribution in [0.4, 0.5) is 0 Å². The Labute approximate surface area is 89.0 Å². The number of alkyl halides is 1. The molecule has 14 heavy (non-hydrogen) atoms. The van der Waals surface area contributed by atoms with E-state index in [1.54, 1.807) is 0 Å². The number of hydrogen-bond acceptors (Lipinski definition) is 2. The lowest BCUT2D eigenvalue weighted by molar-refractivity contribution is 0.00565. The molecular formula is C10H15ClN2O. The summed E-state index contributed by atoms with van der Waals surface area (Å²) < 4.78 is 7.75. The van der Waals surface area contributed by atoms with E-state index in [1.807, 2.05) is 12.5 Å². The first-order valence-corrected chi connectivity index (χ1v) is 5.60. The van der Waals surface area contributed by atoms with Crippen LogP contribution in [0.25, 0.3) is 0 Å². The smallest absolute Gasteiger partial charge is 0.0949 e. The second-order valence-electron chi connectivity index (χ2n) is 3.66. The van der Waals surface area contributed by atoms with Crippen LogP contribution in [0.1, 0.15) is 25.0 Å².